The number of nitrogens with one attached hydrogen (secondary N) is 3. The number of halogens is 5. The number of alkyl halides is 3. The van der Waals surface area contributed by atoms with Gasteiger partial charge < -0.3 is 21.7 Å². The molecule has 0 fully saturated rings. The lowest BCUT2D eigenvalue weighted by Crippen LogP contribution is -2.40. The fourth-order valence-corrected chi connectivity index (χ4v) is 3.66. The van der Waals surface area contributed by atoms with Crippen molar-refractivity contribution < 1.29 is 22.8 Å². The van der Waals surface area contributed by atoms with E-state index in [1.54, 1.807) is 28.8 Å². The van der Waals surface area contributed by atoms with Crippen molar-refractivity contribution in [3.8, 4) is 5.69 Å². The summed E-state index contributed by atoms with van der Waals surface area (Å²) in [5.74, 6) is -0.236. The zero-order chi connectivity index (χ0) is 27.6. The molecule has 0 aliphatic rings. The van der Waals surface area contributed by atoms with Gasteiger partial charge in [0.1, 0.15) is 12.7 Å². The number of imidazole rings is 1. The molecule has 206 valence electrons. The van der Waals surface area contributed by atoms with Crippen LogP contribution in [-0.2, 0) is 11.0 Å². The van der Waals surface area contributed by atoms with Crippen LogP contribution in [0.1, 0.15) is 19.4 Å². The summed E-state index contributed by atoms with van der Waals surface area (Å²) in [6, 6.07) is 8.16. The molecule has 2 aromatic carbocycles. The van der Waals surface area contributed by atoms with E-state index in [0.717, 1.165) is 12.1 Å². The summed E-state index contributed by atoms with van der Waals surface area (Å²) >= 11 is 5.61. The average molecular weight is 583 g/mol. The smallest absolute Gasteiger partial charge is 0.320 e. The SMILES string of the molecule is CC(C)[C@@H](N)C(=O)Nc1ncnc2c1ncn2-c1ccc(NC(=O)Nc2ccc(Cl)c(C(F)(F)F)c2)cc1.Cl. The van der Waals surface area contributed by atoms with Crippen molar-refractivity contribution in [1.29, 1.82) is 0 Å². The highest BCUT2D eigenvalue weighted by Gasteiger charge is 2.33. The molecule has 0 radical (unpaired) electrons. The van der Waals surface area contributed by atoms with Gasteiger partial charge in [0.15, 0.2) is 17.0 Å². The molecule has 0 saturated carbocycles. The molecule has 0 unspecified atom stereocenters. The molecule has 0 saturated heterocycles. The number of nitrogens with two attached hydrogens (primary N) is 1. The first-order chi connectivity index (χ1) is 17.9. The predicted octanol–water partition coefficient (Wildman–Crippen LogP) is 5.48. The van der Waals surface area contributed by atoms with Gasteiger partial charge in [-0.15, -0.1) is 12.4 Å². The van der Waals surface area contributed by atoms with Crippen molar-refractivity contribution in [3.05, 3.63) is 65.7 Å². The van der Waals surface area contributed by atoms with Gasteiger partial charge in [-0.2, -0.15) is 13.2 Å². The van der Waals surface area contributed by atoms with Gasteiger partial charge in [-0.05, 0) is 48.4 Å². The van der Waals surface area contributed by atoms with E-state index in [1.165, 1.54) is 18.7 Å². The Kier molecular flexibility index (Phi) is 8.99. The van der Waals surface area contributed by atoms with Crippen molar-refractivity contribution in [3.63, 3.8) is 0 Å². The van der Waals surface area contributed by atoms with Crippen LogP contribution >= 0.6 is 24.0 Å². The lowest BCUT2D eigenvalue weighted by Gasteiger charge is -2.14. The van der Waals surface area contributed by atoms with Crippen LogP contribution in [0.15, 0.2) is 55.1 Å². The lowest BCUT2D eigenvalue weighted by atomic mass is 10.1. The minimum Gasteiger partial charge on any atom is -0.320 e. The standard InChI is InChI=1S/C24H22ClF3N8O2.ClH/c1-12(2)18(29)22(37)35-20-19-21(31-10-30-20)36(11-32-19)15-6-3-13(4-7-15)33-23(38)34-14-5-8-17(25)16(9-14)24(26,27)28;/h3-12,18H,29H2,1-2H3,(H2,33,34,38)(H,30,31,35,37);1H/t18-;/m1./s1. The molecule has 0 aliphatic heterocycles. The van der Waals surface area contributed by atoms with E-state index in [2.05, 4.69) is 30.9 Å². The van der Waals surface area contributed by atoms with Crippen LogP contribution in [-0.4, -0.2) is 37.5 Å². The molecule has 4 rings (SSSR count). The fourth-order valence-electron chi connectivity index (χ4n) is 3.44. The molecule has 1 atom stereocenters. The summed E-state index contributed by atoms with van der Waals surface area (Å²) < 4.78 is 40.8. The highest BCUT2D eigenvalue weighted by molar-refractivity contribution is 6.31. The minimum atomic E-state index is -4.66. The molecule has 2 heterocycles. The quantitative estimate of drug-likeness (QED) is 0.237. The Morgan fingerprint density at radius 3 is 2.26 bits per heavy atom. The van der Waals surface area contributed by atoms with Crippen LogP contribution in [0.4, 0.5) is 35.2 Å². The third kappa shape index (κ3) is 6.74. The summed E-state index contributed by atoms with van der Waals surface area (Å²) in [5, 5.41) is 7.11. The van der Waals surface area contributed by atoms with Crippen LogP contribution in [0.25, 0.3) is 16.9 Å². The van der Waals surface area contributed by atoms with Gasteiger partial charge in [0.05, 0.1) is 16.6 Å². The van der Waals surface area contributed by atoms with E-state index >= 15 is 0 Å². The normalized spacial score (nSPS) is 12.1. The van der Waals surface area contributed by atoms with Crippen molar-refractivity contribution in [2.45, 2.75) is 26.1 Å². The Morgan fingerprint density at radius 1 is 0.974 bits per heavy atom. The maximum absolute atomic E-state index is 13.1. The molecular weight excluding hydrogens is 560 g/mol. The number of hydrogen-bond donors (Lipinski definition) is 4. The average Bonchev–Trinajstić information content (AvgIpc) is 3.29. The summed E-state index contributed by atoms with van der Waals surface area (Å²) in [6.45, 7) is 3.66. The van der Waals surface area contributed by atoms with Crippen LogP contribution < -0.4 is 21.7 Å². The second kappa shape index (κ2) is 11.8. The summed E-state index contributed by atoms with van der Waals surface area (Å²) in [4.78, 5) is 37.4. The van der Waals surface area contributed by atoms with Crippen LogP contribution in [0, 0.1) is 5.92 Å². The molecule has 39 heavy (non-hydrogen) atoms. The maximum atomic E-state index is 13.1. The third-order valence-corrected chi connectivity index (χ3v) is 5.86. The van der Waals surface area contributed by atoms with Gasteiger partial charge in [-0.1, -0.05) is 25.4 Å². The number of urea groups is 1. The third-order valence-electron chi connectivity index (χ3n) is 5.53. The van der Waals surface area contributed by atoms with E-state index in [4.69, 9.17) is 17.3 Å². The topological polar surface area (TPSA) is 140 Å². The van der Waals surface area contributed by atoms with E-state index in [1.807, 2.05) is 13.8 Å². The van der Waals surface area contributed by atoms with Crippen molar-refractivity contribution in [1.82, 2.24) is 19.5 Å². The highest BCUT2D eigenvalue weighted by Crippen LogP contribution is 2.36. The number of fused-ring (bicyclic) bond motifs is 1. The first-order valence-electron chi connectivity index (χ1n) is 11.2. The molecule has 15 heteroatoms. The monoisotopic (exact) mass is 582 g/mol. The minimum absolute atomic E-state index is 0. The zero-order valence-corrected chi connectivity index (χ0v) is 22.0. The number of carbonyl (C=O) groups is 2. The first-order valence-corrected chi connectivity index (χ1v) is 11.6. The van der Waals surface area contributed by atoms with Gasteiger partial charge >= 0.3 is 12.2 Å². The number of benzene rings is 2. The number of carbonyl (C=O) groups excluding carboxylic acids is 2. The van der Waals surface area contributed by atoms with Gasteiger partial charge in [0.25, 0.3) is 0 Å². The molecule has 3 amide bonds. The summed E-state index contributed by atoms with van der Waals surface area (Å²) in [5.41, 5.74) is 6.59. The Labute approximate surface area is 231 Å². The predicted molar refractivity (Wildman–Crippen MR) is 144 cm³/mol. The molecule has 0 spiro atoms. The van der Waals surface area contributed by atoms with E-state index in [9.17, 15) is 22.8 Å². The summed E-state index contributed by atoms with van der Waals surface area (Å²) in [7, 11) is 0. The second-order valence-corrected chi connectivity index (χ2v) is 8.99. The van der Waals surface area contributed by atoms with Crippen LogP contribution in [0.2, 0.25) is 5.02 Å². The largest absolute Gasteiger partial charge is 0.417 e. The Balaban J connectivity index is 0.00000420. The molecule has 4 aromatic rings. The zero-order valence-electron chi connectivity index (χ0n) is 20.5. The van der Waals surface area contributed by atoms with Gasteiger partial charge in [-0.3, -0.25) is 9.36 Å². The molecule has 0 aliphatic carbocycles. The summed E-state index contributed by atoms with van der Waals surface area (Å²) in [6.07, 6.45) is -1.86. The highest BCUT2D eigenvalue weighted by atomic mass is 35.5. The van der Waals surface area contributed by atoms with Crippen molar-refractivity contribution >= 4 is 64.3 Å². The van der Waals surface area contributed by atoms with Gasteiger partial charge in [0.2, 0.25) is 5.91 Å². The number of rotatable bonds is 6. The fraction of sp³-hybridized carbons (Fsp3) is 0.208. The maximum Gasteiger partial charge on any atom is 0.417 e. The van der Waals surface area contributed by atoms with Crippen LogP contribution in [0.3, 0.4) is 0 Å². The molecule has 0 bridgehead atoms. The number of amides is 3. The Bertz CT molecular complexity index is 1490. The lowest BCUT2D eigenvalue weighted by molar-refractivity contribution is -0.137. The van der Waals surface area contributed by atoms with Crippen LogP contribution in [0.5, 0.6) is 0 Å². The molecule has 5 N–H and O–H groups in total. The Morgan fingerprint density at radius 2 is 1.62 bits per heavy atom. The van der Waals surface area contributed by atoms with Crippen molar-refractivity contribution in [2.75, 3.05) is 16.0 Å². The number of hydrogen-bond acceptors (Lipinski definition) is 6. The van der Waals surface area contributed by atoms with Gasteiger partial charge in [0, 0.05) is 17.1 Å². The molecule has 2 aromatic heterocycles. The van der Waals surface area contributed by atoms with Crippen molar-refractivity contribution in [2.24, 2.45) is 11.7 Å². The molecular formula is C24H23Cl2F3N8O2. The molecule has 10 nitrogen and oxygen atoms in total. The first kappa shape index (κ1) is 29.6. The van der Waals surface area contributed by atoms with Gasteiger partial charge in [-0.25, -0.2) is 19.7 Å². The Hall–Kier alpha value is -3.94. The second-order valence-electron chi connectivity index (χ2n) is 8.59. The van der Waals surface area contributed by atoms with E-state index < -0.39 is 34.7 Å². The van der Waals surface area contributed by atoms with E-state index in [0.29, 0.717) is 22.5 Å². The van der Waals surface area contributed by atoms with E-state index in [-0.39, 0.29) is 29.8 Å². The number of aromatic nitrogens is 4. The number of nitrogens with zero attached hydrogens (tertiary/aromatic N) is 4. The number of anilines is 3.